The summed E-state index contributed by atoms with van der Waals surface area (Å²) in [7, 11) is 0. The molecule has 1 rings (SSSR count). The van der Waals surface area contributed by atoms with Crippen molar-refractivity contribution in [3.63, 3.8) is 0 Å². The molecule has 0 bridgehead atoms. The number of rotatable bonds is 4. The molecule has 1 N–H and O–H groups in total. The second kappa shape index (κ2) is 5.90. The van der Waals surface area contributed by atoms with Crippen LogP contribution in [0.5, 0.6) is 0 Å². The molecule has 0 spiro atoms. The molecule has 3 heteroatoms. The summed E-state index contributed by atoms with van der Waals surface area (Å²) in [5, 5.41) is 2.35. The van der Waals surface area contributed by atoms with Crippen molar-refractivity contribution in [2.75, 3.05) is 5.32 Å². The van der Waals surface area contributed by atoms with E-state index in [0.29, 0.717) is 5.92 Å². The second-order valence-corrected chi connectivity index (χ2v) is 4.66. The van der Waals surface area contributed by atoms with Gasteiger partial charge in [0, 0.05) is 5.69 Å². The van der Waals surface area contributed by atoms with Crippen molar-refractivity contribution in [1.82, 2.24) is 0 Å². The molecule has 0 heterocycles. The number of nitrogens with one attached hydrogen (secondary N) is 1. The molecule has 1 amide bonds. The number of carbonyl (C=O) groups is 1. The number of carbonyl (C=O) groups excluding carboxylic acids is 1. The molecule has 2 atom stereocenters. The molecule has 0 radical (unpaired) electrons. The maximum absolute atomic E-state index is 11.5. The number of anilines is 1. The number of amides is 1. The quantitative estimate of drug-likeness (QED) is 0.797. The van der Waals surface area contributed by atoms with E-state index in [0.717, 1.165) is 17.7 Å². The summed E-state index contributed by atoms with van der Waals surface area (Å²) in [6, 6.07) is 7.86. The molecule has 2 nitrogen and oxygen atoms in total. The molecule has 0 saturated carbocycles. The third-order valence-electron chi connectivity index (χ3n) is 2.72. The molecule has 0 aliphatic carbocycles. The van der Waals surface area contributed by atoms with E-state index in [4.69, 9.17) is 11.6 Å². The second-order valence-electron chi connectivity index (χ2n) is 4.00. The molecule has 0 aliphatic rings. The molecule has 0 saturated heterocycles. The van der Waals surface area contributed by atoms with E-state index in [1.54, 1.807) is 6.92 Å². The highest BCUT2D eigenvalue weighted by Crippen LogP contribution is 2.26. The smallest absolute Gasteiger partial charge is 0.242 e. The van der Waals surface area contributed by atoms with Gasteiger partial charge >= 0.3 is 0 Å². The van der Waals surface area contributed by atoms with Crippen LogP contribution in [0.15, 0.2) is 24.3 Å². The average Bonchev–Trinajstić information content (AvgIpc) is 2.28. The molecule has 1 aromatic carbocycles. The summed E-state index contributed by atoms with van der Waals surface area (Å²) in [6.45, 7) is 5.95. The minimum Gasteiger partial charge on any atom is -0.325 e. The van der Waals surface area contributed by atoms with Crippen LogP contribution in [0, 0.1) is 0 Å². The number of hydrogen-bond donors (Lipinski definition) is 1. The number of alkyl halides is 1. The molecule has 16 heavy (non-hydrogen) atoms. The average molecular weight is 240 g/mol. The van der Waals surface area contributed by atoms with Crippen LogP contribution in [0.1, 0.15) is 38.7 Å². The monoisotopic (exact) mass is 239 g/mol. The highest BCUT2D eigenvalue weighted by Gasteiger charge is 2.13. The van der Waals surface area contributed by atoms with E-state index >= 15 is 0 Å². The molecule has 88 valence electrons. The Kier molecular flexibility index (Phi) is 4.81. The lowest BCUT2D eigenvalue weighted by molar-refractivity contribution is -0.115. The van der Waals surface area contributed by atoms with Gasteiger partial charge in [0.15, 0.2) is 0 Å². The van der Waals surface area contributed by atoms with Crippen molar-refractivity contribution >= 4 is 23.2 Å². The molecular formula is C13H18ClNO. The van der Waals surface area contributed by atoms with Crippen molar-refractivity contribution in [2.24, 2.45) is 0 Å². The summed E-state index contributed by atoms with van der Waals surface area (Å²) < 4.78 is 0. The van der Waals surface area contributed by atoms with Crippen LogP contribution in [0.3, 0.4) is 0 Å². The number of para-hydroxylation sites is 1. The first-order chi connectivity index (χ1) is 7.56. The van der Waals surface area contributed by atoms with E-state index in [-0.39, 0.29) is 5.91 Å². The standard InChI is InChI=1S/C13H18ClNO/c1-4-9(2)11-7-5-6-8-12(11)15-13(16)10(3)14/h5-10H,4H2,1-3H3,(H,15,16)/t9-,10+/m1/s1. The molecule has 0 aliphatic heterocycles. The van der Waals surface area contributed by atoms with Gasteiger partial charge in [-0.25, -0.2) is 0 Å². The Bertz CT molecular complexity index is 363. The van der Waals surface area contributed by atoms with Crippen molar-refractivity contribution in [1.29, 1.82) is 0 Å². The predicted octanol–water partition coefficient (Wildman–Crippen LogP) is 3.77. The van der Waals surface area contributed by atoms with Crippen LogP contribution in [-0.4, -0.2) is 11.3 Å². The van der Waals surface area contributed by atoms with Gasteiger partial charge in [-0.05, 0) is 30.9 Å². The van der Waals surface area contributed by atoms with Gasteiger partial charge in [0.25, 0.3) is 0 Å². The Morgan fingerprint density at radius 2 is 2.00 bits per heavy atom. The zero-order valence-corrected chi connectivity index (χ0v) is 10.7. The first-order valence-corrected chi connectivity index (χ1v) is 6.03. The lowest BCUT2D eigenvalue weighted by atomic mass is 9.97. The van der Waals surface area contributed by atoms with Crippen LogP contribution in [0.2, 0.25) is 0 Å². The van der Waals surface area contributed by atoms with Crippen molar-refractivity contribution in [2.45, 2.75) is 38.5 Å². The predicted molar refractivity (Wildman–Crippen MR) is 69.1 cm³/mol. The Morgan fingerprint density at radius 3 is 2.56 bits per heavy atom. The maximum Gasteiger partial charge on any atom is 0.242 e. The van der Waals surface area contributed by atoms with Gasteiger partial charge in [0.1, 0.15) is 5.38 Å². The summed E-state index contributed by atoms with van der Waals surface area (Å²) in [6.07, 6.45) is 1.04. The Hall–Kier alpha value is -1.02. The topological polar surface area (TPSA) is 29.1 Å². The SMILES string of the molecule is CC[C@@H](C)c1ccccc1NC(=O)[C@H](C)Cl. The van der Waals surface area contributed by atoms with Crippen molar-refractivity contribution in [3.8, 4) is 0 Å². The number of hydrogen-bond acceptors (Lipinski definition) is 1. The van der Waals surface area contributed by atoms with Crippen LogP contribution < -0.4 is 5.32 Å². The lowest BCUT2D eigenvalue weighted by Gasteiger charge is -2.16. The number of halogens is 1. The van der Waals surface area contributed by atoms with Gasteiger partial charge in [0.2, 0.25) is 5.91 Å². The molecule has 0 aromatic heterocycles. The fourth-order valence-electron chi connectivity index (χ4n) is 1.49. The Labute approximate surface area is 102 Å². The van der Waals surface area contributed by atoms with Gasteiger partial charge in [-0.15, -0.1) is 11.6 Å². The van der Waals surface area contributed by atoms with E-state index in [1.165, 1.54) is 0 Å². The van der Waals surface area contributed by atoms with Crippen LogP contribution >= 0.6 is 11.6 Å². The van der Waals surface area contributed by atoms with Crippen molar-refractivity contribution < 1.29 is 4.79 Å². The van der Waals surface area contributed by atoms with E-state index in [9.17, 15) is 4.79 Å². The summed E-state index contributed by atoms with van der Waals surface area (Å²) >= 11 is 5.73. The van der Waals surface area contributed by atoms with Crippen LogP contribution in [-0.2, 0) is 4.79 Å². The first-order valence-electron chi connectivity index (χ1n) is 5.60. The van der Waals surface area contributed by atoms with E-state index in [2.05, 4.69) is 19.2 Å². The molecule has 0 unspecified atom stereocenters. The minimum atomic E-state index is -0.509. The fourth-order valence-corrected chi connectivity index (χ4v) is 1.55. The zero-order chi connectivity index (χ0) is 12.1. The summed E-state index contributed by atoms with van der Waals surface area (Å²) in [5.41, 5.74) is 2.03. The summed E-state index contributed by atoms with van der Waals surface area (Å²) in [4.78, 5) is 11.5. The van der Waals surface area contributed by atoms with Gasteiger partial charge < -0.3 is 5.32 Å². The van der Waals surface area contributed by atoms with Crippen LogP contribution in [0.4, 0.5) is 5.69 Å². The highest BCUT2D eigenvalue weighted by molar-refractivity contribution is 6.32. The normalized spacial score (nSPS) is 14.2. The Balaban J connectivity index is 2.91. The van der Waals surface area contributed by atoms with E-state index in [1.807, 2.05) is 24.3 Å². The van der Waals surface area contributed by atoms with E-state index < -0.39 is 5.38 Å². The summed E-state index contributed by atoms with van der Waals surface area (Å²) in [5.74, 6) is 0.277. The highest BCUT2D eigenvalue weighted by atomic mass is 35.5. The lowest BCUT2D eigenvalue weighted by Crippen LogP contribution is -2.21. The first kappa shape index (κ1) is 13.0. The molecule has 0 fully saturated rings. The van der Waals surface area contributed by atoms with Crippen molar-refractivity contribution in [3.05, 3.63) is 29.8 Å². The van der Waals surface area contributed by atoms with Crippen LogP contribution in [0.25, 0.3) is 0 Å². The maximum atomic E-state index is 11.5. The molecular weight excluding hydrogens is 222 g/mol. The van der Waals surface area contributed by atoms with Gasteiger partial charge in [-0.3, -0.25) is 4.79 Å². The third kappa shape index (κ3) is 3.24. The van der Waals surface area contributed by atoms with Gasteiger partial charge in [-0.2, -0.15) is 0 Å². The molecule has 1 aromatic rings. The largest absolute Gasteiger partial charge is 0.325 e. The van der Waals surface area contributed by atoms with Gasteiger partial charge in [-0.1, -0.05) is 32.0 Å². The zero-order valence-electron chi connectivity index (χ0n) is 9.96. The Morgan fingerprint density at radius 1 is 1.38 bits per heavy atom. The fraction of sp³-hybridized carbons (Fsp3) is 0.462. The minimum absolute atomic E-state index is 0.155. The van der Waals surface area contributed by atoms with Gasteiger partial charge in [0.05, 0.1) is 0 Å². The number of benzene rings is 1. The third-order valence-corrected chi connectivity index (χ3v) is 2.92.